The molecule has 266 valence electrons. The molecule has 0 radical (unpaired) electrons. The van der Waals surface area contributed by atoms with E-state index in [0.29, 0.717) is 61.5 Å². The molecule has 51 heavy (non-hydrogen) atoms. The molecule has 2 aromatic heterocycles. The second-order valence-corrected chi connectivity index (χ2v) is 11.9. The molecule has 0 aliphatic carbocycles. The fourth-order valence-electron chi connectivity index (χ4n) is 5.80. The smallest absolute Gasteiger partial charge is 0.387 e. The largest absolute Gasteiger partial charge is 0.488 e. The molecule has 1 saturated heterocycles. The van der Waals surface area contributed by atoms with Gasteiger partial charge in [-0.05, 0) is 66.2 Å². The van der Waals surface area contributed by atoms with Crippen molar-refractivity contribution < 1.29 is 41.4 Å². The summed E-state index contributed by atoms with van der Waals surface area (Å²) in [6.45, 7) is -0.390. The first-order valence-electron chi connectivity index (χ1n) is 16.1. The predicted octanol–water partition coefficient (Wildman–Crippen LogP) is 6.85. The van der Waals surface area contributed by atoms with Gasteiger partial charge in [-0.3, -0.25) is 14.5 Å². The summed E-state index contributed by atoms with van der Waals surface area (Å²) in [5.74, 6) is 0.750. The molecule has 14 heteroatoms. The molecule has 0 saturated carbocycles. The zero-order chi connectivity index (χ0) is 36.1. The number of piperazine rings is 1. The van der Waals surface area contributed by atoms with Crippen molar-refractivity contribution in [1.82, 2.24) is 19.4 Å². The van der Waals surface area contributed by atoms with E-state index in [9.17, 15) is 27.2 Å². The van der Waals surface area contributed by atoms with Crippen molar-refractivity contribution in [2.45, 2.75) is 19.6 Å². The number of amides is 2. The molecule has 0 N–H and O–H groups in total. The van der Waals surface area contributed by atoms with Crippen molar-refractivity contribution in [2.24, 2.45) is 7.05 Å². The van der Waals surface area contributed by atoms with Crippen LogP contribution >= 0.6 is 0 Å². The van der Waals surface area contributed by atoms with Gasteiger partial charge in [0, 0.05) is 69.9 Å². The van der Waals surface area contributed by atoms with Crippen LogP contribution in [-0.2, 0) is 13.6 Å². The molecule has 10 nitrogen and oxygen atoms in total. The predicted molar refractivity (Wildman–Crippen MR) is 182 cm³/mol. The number of carbonyl (C=O) groups is 2. The van der Waals surface area contributed by atoms with Gasteiger partial charge in [0.15, 0.2) is 0 Å². The van der Waals surface area contributed by atoms with Crippen LogP contribution in [0, 0.1) is 0 Å². The van der Waals surface area contributed by atoms with Crippen LogP contribution in [0.3, 0.4) is 0 Å². The fourth-order valence-corrected chi connectivity index (χ4v) is 5.80. The number of aryl methyl sites for hydroxylation is 1. The van der Waals surface area contributed by atoms with Gasteiger partial charge in [-0.25, -0.2) is 13.8 Å². The number of hydrogen-bond donors (Lipinski definition) is 0. The average molecular weight is 706 g/mol. The molecule has 3 heterocycles. The molecule has 5 aromatic rings. The van der Waals surface area contributed by atoms with Crippen molar-refractivity contribution in [3.05, 3.63) is 108 Å². The van der Waals surface area contributed by atoms with Crippen molar-refractivity contribution in [3.8, 4) is 23.1 Å². The molecular weight excluding hydrogens is 670 g/mol. The lowest BCUT2D eigenvalue weighted by molar-refractivity contribution is -0.0498. The van der Waals surface area contributed by atoms with Gasteiger partial charge in [0.1, 0.15) is 29.5 Å². The second-order valence-electron chi connectivity index (χ2n) is 11.9. The van der Waals surface area contributed by atoms with E-state index in [1.54, 1.807) is 37.4 Å². The van der Waals surface area contributed by atoms with Gasteiger partial charge in [0.05, 0.1) is 17.4 Å². The lowest BCUT2D eigenvalue weighted by atomic mass is 10.2. The Labute approximate surface area is 291 Å². The Kier molecular flexibility index (Phi) is 10.7. The van der Waals surface area contributed by atoms with Gasteiger partial charge in [-0.2, -0.15) is 8.78 Å². The summed E-state index contributed by atoms with van der Waals surface area (Å²) in [7, 11) is 3.41. The molecular formula is C37H35F4N5O5. The molecule has 2 amide bonds. The minimum absolute atomic E-state index is 0.0415. The highest BCUT2D eigenvalue weighted by Gasteiger charge is 2.25. The number of fused-ring (bicyclic) bond motifs is 1. The SMILES string of the molecule is CN(C(=O)c1ccc(OC(F)F)cc1)c1ccc(Oc2ccc3cc(C(=O)N4CCN(Cc5ccc(OCC(F)F)cc5)CC4)n(C)c3c2)nc1. The molecule has 1 aliphatic heterocycles. The highest BCUT2D eigenvalue weighted by Crippen LogP contribution is 2.29. The van der Waals surface area contributed by atoms with Crippen molar-refractivity contribution >= 4 is 28.4 Å². The lowest BCUT2D eigenvalue weighted by Gasteiger charge is -2.34. The Bertz CT molecular complexity index is 1960. The number of carbonyl (C=O) groups excluding carboxylic acids is 2. The van der Waals surface area contributed by atoms with Gasteiger partial charge in [-0.15, -0.1) is 0 Å². The van der Waals surface area contributed by atoms with Gasteiger partial charge in [0.2, 0.25) is 5.88 Å². The van der Waals surface area contributed by atoms with E-state index < -0.39 is 19.6 Å². The third kappa shape index (κ3) is 8.58. The highest BCUT2D eigenvalue weighted by atomic mass is 19.3. The van der Waals surface area contributed by atoms with E-state index in [0.717, 1.165) is 16.5 Å². The van der Waals surface area contributed by atoms with Crippen LogP contribution < -0.4 is 19.1 Å². The minimum Gasteiger partial charge on any atom is -0.488 e. The Morgan fingerprint density at radius 1 is 0.843 bits per heavy atom. The first kappa shape index (κ1) is 35.2. The Hall–Kier alpha value is -5.63. The van der Waals surface area contributed by atoms with Gasteiger partial charge >= 0.3 is 6.61 Å². The lowest BCUT2D eigenvalue weighted by Crippen LogP contribution is -2.48. The van der Waals surface area contributed by atoms with E-state index in [2.05, 4.69) is 14.6 Å². The Balaban J connectivity index is 1.04. The number of hydrogen-bond acceptors (Lipinski definition) is 7. The van der Waals surface area contributed by atoms with Crippen LogP contribution in [0.1, 0.15) is 26.4 Å². The zero-order valence-electron chi connectivity index (χ0n) is 27.8. The normalized spacial score (nSPS) is 13.5. The number of nitrogens with zero attached hydrogens (tertiary/aromatic N) is 5. The summed E-state index contributed by atoms with van der Waals surface area (Å²) in [4.78, 5) is 36.3. The molecule has 3 aromatic carbocycles. The molecule has 0 atom stereocenters. The molecule has 0 unspecified atom stereocenters. The van der Waals surface area contributed by atoms with Gasteiger partial charge in [0.25, 0.3) is 18.2 Å². The van der Waals surface area contributed by atoms with Crippen LogP contribution in [0.4, 0.5) is 23.2 Å². The molecule has 1 aliphatic rings. The number of alkyl halides is 4. The average Bonchev–Trinajstić information content (AvgIpc) is 3.46. The number of pyridine rings is 1. The number of anilines is 1. The minimum atomic E-state index is -2.95. The summed E-state index contributed by atoms with van der Waals surface area (Å²) in [5, 5.41) is 0.880. The number of aromatic nitrogens is 2. The highest BCUT2D eigenvalue weighted by molar-refractivity contribution is 6.05. The maximum atomic E-state index is 13.6. The summed E-state index contributed by atoms with van der Waals surface area (Å²) in [6.07, 6.45) is -1.03. The van der Waals surface area contributed by atoms with Crippen molar-refractivity contribution in [1.29, 1.82) is 0 Å². The van der Waals surface area contributed by atoms with Crippen LogP contribution in [0.25, 0.3) is 10.9 Å². The van der Waals surface area contributed by atoms with Crippen molar-refractivity contribution in [2.75, 3.05) is 44.7 Å². The zero-order valence-corrected chi connectivity index (χ0v) is 27.8. The van der Waals surface area contributed by atoms with Crippen LogP contribution in [0.15, 0.2) is 91.1 Å². The van der Waals surface area contributed by atoms with Crippen LogP contribution in [-0.4, -0.2) is 84.0 Å². The first-order valence-corrected chi connectivity index (χ1v) is 16.1. The van der Waals surface area contributed by atoms with Gasteiger partial charge in [-0.1, -0.05) is 12.1 Å². The summed E-state index contributed by atoms with van der Waals surface area (Å²) >= 11 is 0. The van der Waals surface area contributed by atoms with Gasteiger partial charge < -0.3 is 28.6 Å². The van der Waals surface area contributed by atoms with E-state index in [1.807, 2.05) is 46.8 Å². The summed E-state index contributed by atoms with van der Waals surface area (Å²) in [6, 6.07) is 23.2. The van der Waals surface area contributed by atoms with E-state index in [-0.39, 0.29) is 23.1 Å². The Morgan fingerprint density at radius 2 is 1.53 bits per heavy atom. The second kappa shape index (κ2) is 15.5. The third-order valence-corrected chi connectivity index (χ3v) is 8.56. The molecule has 1 fully saturated rings. The van der Waals surface area contributed by atoms with Crippen molar-refractivity contribution in [3.63, 3.8) is 0 Å². The standard InChI is InChI=1S/C37H35F4N5O5/c1-43(35(47)25-5-11-29(12-6-25)51-37(40)41)27-8-14-34(42-21-27)50-30-13-7-26-19-32(44(2)31(26)20-30)36(48)46-17-15-45(16-18-46)22-24-3-9-28(10-4-24)49-23-33(38)39/h3-14,19-21,33,37H,15-18,22-23H2,1-2H3. The van der Waals surface area contributed by atoms with Crippen LogP contribution in [0.2, 0.25) is 0 Å². The number of halogens is 4. The maximum absolute atomic E-state index is 13.6. The van der Waals surface area contributed by atoms with E-state index in [4.69, 9.17) is 9.47 Å². The molecule has 0 bridgehead atoms. The van der Waals surface area contributed by atoms with E-state index >= 15 is 0 Å². The molecule has 0 spiro atoms. The number of benzene rings is 3. The monoisotopic (exact) mass is 705 g/mol. The van der Waals surface area contributed by atoms with Crippen LogP contribution in [0.5, 0.6) is 23.1 Å². The first-order chi connectivity index (χ1) is 24.5. The maximum Gasteiger partial charge on any atom is 0.387 e. The summed E-state index contributed by atoms with van der Waals surface area (Å²) < 4.78 is 66.9. The topological polar surface area (TPSA) is 89.4 Å². The van der Waals surface area contributed by atoms with E-state index in [1.165, 1.54) is 35.4 Å². The Morgan fingerprint density at radius 3 is 2.18 bits per heavy atom. The quantitative estimate of drug-likeness (QED) is 0.131. The number of ether oxygens (including phenoxy) is 3. The summed E-state index contributed by atoms with van der Waals surface area (Å²) in [5.41, 5.74) is 3.18. The fraction of sp³-hybridized carbons (Fsp3) is 0.270. The number of rotatable bonds is 12. The molecule has 6 rings (SSSR count). The third-order valence-electron chi connectivity index (χ3n) is 8.56.